The number of ether oxygens (including phenoxy) is 1. The lowest BCUT2D eigenvalue weighted by Gasteiger charge is -2.13. The second-order valence-electron chi connectivity index (χ2n) is 4.23. The standard InChI is InChI=1S/C13H12ClN3O4/c1-21-13(20)8-3-2-7(14)6-10(8)15-12(19)9-4-5-11(18)17-16-9/h2-3,6H,4-5H2,1H3,(H,15,19)(H,17,18). The van der Waals surface area contributed by atoms with E-state index in [1.165, 1.54) is 25.3 Å². The van der Waals surface area contributed by atoms with E-state index in [0.29, 0.717) is 5.02 Å². The number of nitrogens with one attached hydrogen (secondary N) is 2. The Hall–Kier alpha value is -2.41. The molecule has 0 saturated heterocycles. The van der Waals surface area contributed by atoms with Crippen molar-refractivity contribution in [1.29, 1.82) is 0 Å². The van der Waals surface area contributed by atoms with Crippen LogP contribution in [-0.2, 0) is 14.3 Å². The molecule has 0 aliphatic carbocycles. The summed E-state index contributed by atoms with van der Waals surface area (Å²) >= 11 is 5.86. The maximum atomic E-state index is 12.1. The third-order valence-electron chi connectivity index (χ3n) is 2.80. The van der Waals surface area contributed by atoms with E-state index < -0.39 is 11.9 Å². The summed E-state index contributed by atoms with van der Waals surface area (Å²) in [5.41, 5.74) is 2.80. The van der Waals surface area contributed by atoms with Gasteiger partial charge in [0.2, 0.25) is 5.91 Å². The Morgan fingerprint density at radius 2 is 2.14 bits per heavy atom. The highest BCUT2D eigenvalue weighted by molar-refractivity contribution is 6.44. The number of esters is 1. The first kappa shape index (κ1) is 15.0. The summed E-state index contributed by atoms with van der Waals surface area (Å²) in [7, 11) is 1.24. The summed E-state index contributed by atoms with van der Waals surface area (Å²) in [5, 5.41) is 6.58. The quantitative estimate of drug-likeness (QED) is 0.823. The van der Waals surface area contributed by atoms with E-state index in [2.05, 4.69) is 20.6 Å². The van der Waals surface area contributed by atoms with Crippen molar-refractivity contribution in [2.24, 2.45) is 5.10 Å². The summed E-state index contributed by atoms with van der Waals surface area (Å²) in [4.78, 5) is 34.7. The molecule has 0 aromatic heterocycles. The van der Waals surface area contributed by atoms with Gasteiger partial charge in [0, 0.05) is 17.9 Å². The van der Waals surface area contributed by atoms with Crippen LogP contribution < -0.4 is 10.7 Å². The fourth-order valence-electron chi connectivity index (χ4n) is 1.74. The first-order chi connectivity index (χ1) is 10.0. The highest BCUT2D eigenvalue weighted by Crippen LogP contribution is 2.22. The number of methoxy groups -OCH3 is 1. The molecule has 2 N–H and O–H groups in total. The molecule has 0 fully saturated rings. The molecule has 1 aromatic carbocycles. The van der Waals surface area contributed by atoms with Crippen LogP contribution in [0.25, 0.3) is 0 Å². The van der Waals surface area contributed by atoms with Gasteiger partial charge in [-0.3, -0.25) is 9.59 Å². The van der Waals surface area contributed by atoms with Crippen molar-refractivity contribution in [3.63, 3.8) is 0 Å². The van der Waals surface area contributed by atoms with E-state index in [1.807, 2.05) is 0 Å². The van der Waals surface area contributed by atoms with Crippen molar-refractivity contribution in [2.75, 3.05) is 12.4 Å². The van der Waals surface area contributed by atoms with Gasteiger partial charge in [-0.05, 0) is 18.2 Å². The number of benzene rings is 1. The number of hydrogen-bond acceptors (Lipinski definition) is 5. The van der Waals surface area contributed by atoms with E-state index in [0.717, 1.165) is 0 Å². The van der Waals surface area contributed by atoms with Gasteiger partial charge in [-0.2, -0.15) is 5.10 Å². The number of anilines is 1. The Bertz CT molecular complexity index is 642. The molecular formula is C13H12ClN3O4. The Morgan fingerprint density at radius 1 is 1.38 bits per heavy atom. The molecule has 1 heterocycles. The topological polar surface area (TPSA) is 96.9 Å². The number of carbonyl (C=O) groups excluding carboxylic acids is 3. The summed E-state index contributed by atoms with van der Waals surface area (Å²) in [6.07, 6.45) is 0.414. The van der Waals surface area contributed by atoms with Crippen LogP contribution in [-0.4, -0.2) is 30.6 Å². The number of carbonyl (C=O) groups is 3. The molecule has 7 nitrogen and oxygen atoms in total. The molecule has 2 rings (SSSR count). The molecule has 1 aromatic rings. The number of rotatable bonds is 3. The SMILES string of the molecule is COC(=O)c1ccc(Cl)cc1NC(=O)C1=NNC(=O)CC1. The highest BCUT2D eigenvalue weighted by atomic mass is 35.5. The average molecular weight is 310 g/mol. The molecule has 110 valence electrons. The normalized spacial score (nSPS) is 14.0. The van der Waals surface area contributed by atoms with Crippen molar-refractivity contribution in [3.05, 3.63) is 28.8 Å². The third-order valence-corrected chi connectivity index (χ3v) is 3.04. The monoisotopic (exact) mass is 309 g/mol. The largest absolute Gasteiger partial charge is 0.465 e. The third kappa shape index (κ3) is 3.57. The van der Waals surface area contributed by atoms with Crippen LogP contribution in [0, 0.1) is 0 Å². The predicted octanol–water partition coefficient (Wildman–Crippen LogP) is 1.33. The maximum absolute atomic E-state index is 12.1. The van der Waals surface area contributed by atoms with E-state index in [9.17, 15) is 14.4 Å². The Morgan fingerprint density at radius 3 is 2.76 bits per heavy atom. The summed E-state index contributed by atoms with van der Waals surface area (Å²) in [6, 6.07) is 4.41. The van der Waals surface area contributed by atoms with E-state index in [4.69, 9.17) is 11.6 Å². The second kappa shape index (κ2) is 6.36. The zero-order chi connectivity index (χ0) is 15.4. The molecule has 0 bridgehead atoms. The van der Waals surface area contributed by atoms with Gasteiger partial charge in [-0.25, -0.2) is 10.2 Å². The highest BCUT2D eigenvalue weighted by Gasteiger charge is 2.21. The van der Waals surface area contributed by atoms with Gasteiger partial charge >= 0.3 is 5.97 Å². The molecule has 2 amide bonds. The Kier molecular flexibility index (Phi) is 4.54. The molecule has 1 aliphatic rings. The zero-order valence-electron chi connectivity index (χ0n) is 11.1. The first-order valence-corrected chi connectivity index (χ1v) is 6.43. The van der Waals surface area contributed by atoms with Gasteiger partial charge in [0.25, 0.3) is 5.91 Å². The fourth-order valence-corrected chi connectivity index (χ4v) is 1.91. The summed E-state index contributed by atoms with van der Waals surface area (Å²) in [5.74, 6) is -1.35. The number of hydrogen-bond donors (Lipinski definition) is 2. The van der Waals surface area contributed by atoms with Crippen LogP contribution in [0.15, 0.2) is 23.3 Å². The summed E-state index contributed by atoms with van der Waals surface area (Å²) < 4.78 is 4.64. The first-order valence-electron chi connectivity index (χ1n) is 6.06. The molecule has 21 heavy (non-hydrogen) atoms. The van der Waals surface area contributed by atoms with Gasteiger partial charge < -0.3 is 10.1 Å². The van der Waals surface area contributed by atoms with Crippen LogP contribution in [0.2, 0.25) is 5.02 Å². The maximum Gasteiger partial charge on any atom is 0.339 e. The minimum Gasteiger partial charge on any atom is -0.465 e. The lowest BCUT2D eigenvalue weighted by molar-refractivity contribution is -0.121. The second-order valence-corrected chi connectivity index (χ2v) is 4.67. The predicted molar refractivity (Wildman–Crippen MR) is 76.2 cm³/mol. The lowest BCUT2D eigenvalue weighted by atomic mass is 10.1. The minimum atomic E-state index is -0.596. The summed E-state index contributed by atoms with van der Waals surface area (Å²) in [6.45, 7) is 0. The number of nitrogens with zero attached hydrogens (tertiary/aromatic N) is 1. The molecular weight excluding hydrogens is 298 g/mol. The lowest BCUT2D eigenvalue weighted by Crippen LogP contribution is -2.33. The van der Waals surface area contributed by atoms with Gasteiger partial charge in [0.15, 0.2) is 0 Å². The minimum absolute atomic E-state index is 0.172. The smallest absolute Gasteiger partial charge is 0.339 e. The molecule has 0 spiro atoms. The van der Waals surface area contributed by atoms with Crippen molar-refractivity contribution in [3.8, 4) is 0 Å². The van der Waals surface area contributed by atoms with Crippen molar-refractivity contribution < 1.29 is 19.1 Å². The number of halogens is 1. The van der Waals surface area contributed by atoms with Gasteiger partial charge in [-0.1, -0.05) is 11.6 Å². The number of hydrazone groups is 1. The van der Waals surface area contributed by atoms with E-state index in [-0.39, 0.29) is 35.7 Å². The molecule has 0 radical (unpaired) electrons. The number of amides is 2. The molecule has 0 atom stereocenters. The Balaban J connectivity index is 2.22. The van der Waals surface area contributed by atoms with Crippen LogP contribution in [0.5, 0.6) is 0 Å². The van der Waals surface area contributed by atoms with Crippen LogP contribution in [0.3, 0.4) is 0 Å². The van der Waals surface area contributed by atoms with E-state index >= 15 is 0 Å². The van der Waals surface area contributed by atoms with Crippen molar-refractivity contribution in [1.82, 2.24) is 5.43 Å². The van der Waals surface area contributed by atoms with Gasteiger partial charge in [0.1, 0.15) is 5.71 Å². The van der Waals surface area contributed by atoms with E-state index in [1.54, 1.807) is 0 Å². The molecule has 1 aliphatic heterocycles. The zero-order valence-corrected chi connectivity index (χ0v) is 11.9. The van der Waals surface area contributed by atoms with Crippen molar-refractivity contribution >= 4 is 40.8 Å². The fraction of sp³-hybridized carbons (Fsp3) is 0.231. The average Bonchev–Trinajstić information content (AvgIpc) is 2.47. The van der Waals surface area contributed by atoms with Crippen LogP contribution in [0.1, 0.15) is 23.2 Å². The van der Waals surface area contributed by atoms with Gasteiger partial charge in [0.05, 0.1) is 18.4 Å². The molecule has 8 heteroatoms. The van der Waals surface area contributed by atoms with Crippen LogP contribution in [0.4, 0.5) is 5.69 Å². The molecule has 0 unspecified atom stereocenters. The molecule has 0 saturated carbocycles. The van der Waals surface area contributed by atoms with Gasteiger partial charge in [-0.15, -0.1) is 0 Å². The van der Waals surface area contributed by atoms with Crippen molar-refractivity contribution in [2.45, 2.75) is 12.8 Å². The Labute approximate surface area is 125 Å². The van der Waals surface area contributed by atoms with Crippen LogP contribution >= 0.6 is 11.6 Å².